The molecule has 2 heterocycles. The van der Waals surface area contributed by atoms with E-state index >= 15 is 0 Å². The monoisotopic (exact) mass is 760 g/mol. The van der Waals surface area contributed by atoms with Gasteiger partial charge in [0.15, 0.2) is 6.10 Å². The van der Waals surface area contributed by atoms with Gasteiger partial charge in [-0.3, -0.25) is 4.79 Å². The van der Waals surface area contributed by atoms with Crippen LogP contribution in [0.4, 0.5) is 0 Å². The van der Waals surface area contributed by atoms with Crippen LogP contribution in [0.15, 0.2) is 54.6 Å². The Morgan fingerprint density at radius 1 is 1.02 bits per heavy atom. The van der Waals surface area contributed by atoms with Gasteiger partial charge in [-0.15, -0.1) is 0 Å². The van der Waals surface area contributed by atoms with Crippen molar-refractivity contribution in [1.29, 1.82) is 0 Å². The summed E-state index contributed by atoms with van der Waals surface area (Å²) in [6.45, 7) is 16.5. The molecule has 14 nitrogen and oxygen atoms in total. The summed E-state index contributed by atoms with van der Waals surface area (Å²) in [4.78, 5) is 65.3. The van der Waals surface area contributed by atoms with E-state index in [1.54, 1.807) is 0 Å². The van der Waals surface area contributed by atoms with Crippen LogP contribution in [-0.2, 0) is 54.1 Å². The Bertz CT molecular complexity index is 1540. The highest BCUT2D eigenvalue weighted by Gasteiger charge is 2.86. The SMILES string of the molecule is C=C(CCC12OC(C(=O)OCCC(C)C)C(O)(C(=O)O)C(C(=O)O)(O1)C(OC(=O)/C=C/C(C)CC(C)CC)C2O)C(OC(C)=O)C(C)Cc1ccccc1. The maximum atomic E-state index is 13.6. The normalized spacial score (nSPS) is 28.5. The first-order chi connectivity index (χ1) is 25.2. The van der Waals surface area contributed by atoms with E-state index in [0.717, 1.165) is 18.1 Å². The van der Waals surface area contributed by atoms with Crippen LogP contribution in [0, 0.1) is 23.7 Å². The second-order valence-corrected chi connectivity index (χ2v) is 15.1. The third-order valence-corrected chi connectivity index (χ3v) is 10.2. The number of allylic oxidation sites excluding steroid dienone is 1. The molecule has 300 valence electrons. The number of aliphatic carboxylic acids is 2. The first kappa shape index (κ1) is 44.3. The summed E-state index contributed by atoms with van der Waals surface area (Å²) < 4.78 is 28.1. The Hall–Kier alpha value is -4.11. The lowest BCUT2D eigenvalue weighted by Gasteiger charge is -2.49. The summed E-state index contributed by atoms with van der Waals surface area (Å²) in [6.07, 6.45) is -3.92. The fourth-order valence-electron chi connectivity index (χ4n) is 7.04. The number of hydrogen-bond donors (Lipinski definition) is 4. The van der Waals surface area contributed by atoms with Gasteiger partial charge in [-0.05, 0) is 54.6 Å². The van der Waals surface area contributed by atoms with Crippen LogP contribution in [0.2, 0.25) is 0 Å². The first-order valence-electron chi connectivity index (χ1n) is 18.4. The summed E-state index contributed by atoms with van der Waals surface area (Å²) in [7, 11) is 0. The molecule has 10 atom stereocenters. The molecule has 54 heavy (non-hydrogen) atoms. The van der Waals surface area contributed by atoms with Crippen LogP contribution in [0.1, 0.15) is 86.1 Å². The third kappa shape index (κ3) is 9.57. The van der Waals surface area contributed by atoms with Gasteiger partial charge in [0, 0.05) is 25.3 Å². The number of benzene rings is 1. The van der Waals surface area contributed by atoms with E-state index in [4.69, 9.17) is 23.7 Å². The van der Waals surface area contributed by atoms with Gasteiger partial charge in [0.2, 0.25) is 23.1 Å². The van der Waals surface area contributed by atoms with Crippen LogP contribution in [0.25, 0.3) is 0 Å². The van der Waals surface area contributed by atoms with Crippen molar-refractivity contribution in [3.05, 3.63) is 60.2 Å². The van der Waals surface area contributed by atoms with Crippen molar-refractivity contribution in [3.8, 4) is 0 Å². The van der Waals surface area contributed by atoms with Gasteiger partial charge in [0.05, 0.1) is 6.61 Å². The zero-order valence-corrected chi connectivity index (χ0v) is 32.2. The minimum Gasteiger partial charge on any atom is -0.479 e. The van der Waals surface area contributed by atoms with E-state index in [1.807, 2.05) is 71.9 Å². The van der Waals surface area contributed by atoms with Gasteiger partial charge in [-0.1, -0.05) is 91.0 Å². The minimum absolute atomic E-state index is 0.0479. The smallest absolute Gasteiger partial charge is 0.344 e. The van der Waals surface area contributed by atoms with Crippen molar-refractivity contribution >= 4 is 29.8 Å². The molecule has 2 saturated heterocycles. The van der Waals surface area contributed by atoms with Crippen molar-refractivity contribution in [2.75, 3.05) is 6.61 Å². The van der Waals surface area contributed by atoms with Crippen molar-refractivity contribution < 1.29 is 68.1 Å². The fraction of sp³-hybridized carbons (Fsp3) is 0.625. The summed E-state index contributed by atoms with van der Waals surface area (Å²) in [6, 6.07) is 9.39. The van der Waals surface area contributed by atoms with E-state index in [-0.39, 0.29) is 36.4 Å². The van der Waals surface area contributed by atoms with Gasteiger partial charge < -0.3 is 44.1 Å². The van der Waals surface area contributed by atoms with E-state index in [9.17, 15) is 44.4 Å². The Morgan fingerprint density at radius 2 is 1.67 bits per heavy atom. The average molecular weight is 761 g/mol. The molecule has 0 amide bonds. The van der Waals surface area contributed by atoms with Gasteiger partial charge in [0.25, 0.3) is 0 Å². The Balaban J connectivity index is 2.08. The molecule has 0 saturated carbocycles. The van der Waals surface area contributed by atoms with Crippen molar-refractivity contribution in [1.82, 2.24) is 0 Å². The zero-order chi connectivity index (χ0) is 40.6. The molecule has 0 radical (unpaired) electrons. The Morgan fingerprint density at radius 3 is 2.22 bits per heavy atom. The molecule has 2 aliphatic heterocycles. The molecule has 1 aromatic rings. The maximum Gasteiger partial charge on any atom is 0.344 e. The number of hydrogen-bond acceptors (Lipinski definition) is 12. The maximum absolute atomic E-state index is 13.6. The number of aliphatic hydroxyl groups excluding tert-OH is 1. The summed E-state index contributed by atoms with van der Waals surface area (Å²) in [5.74, 6) is -10.3. The van der Waals surface area contributed by atoms with E-state index in [0.29, 0.717) is 25.2 Å². The Kier molecular flexibility index (Phi) is 15.2. The Labute approximate surface area is 316 Å². The number of ether oxygens (including phenoxy) is 5. The van der Waals surface area contributed by atoms with Crippen LogP contribution < -0.4 is 0 Å². The second-order valence-electron chi connectivity index (χ2n) is 15.1. The number of esters is 3. The zero-order valence-electron chi connectivity index (χ0n) is 32.2. The summed E-state index contributed by atoms with van der Waals surface area (Å²) in [5, 5.41) is 45.0. The van der Waals surface area contributed by atoms with Crippen molar-refractivity contribution in [2.45, 2.75) is 128 Å². The number of carboxylic acids is 2. The van der Waals surface area contributed by atoms with Gasteiger partial charge in [-0.2, -0.15) is 0 Å². The number of fused-ring (bicyclic) bond motifs is 2. The highest BCUT2D eigenvalue weighted by molar-refractivity contribution is 5.98. The largest absolute Gasteiger partial charge is 0.479 e. The molecular weight excluding hydrogens is 704 g/mol. The predicted molar refractivity (Wildman–Crippen MR) is 194 cm³/mol. The van der Waals surface area contributed by atoms with E-state index in [1.165, 1.54) is 13.0 Å². The van der Waals surface area contributed by atoms with Crippen molar-refractivity contribution in [2.24, 2.45) is 23.7 Å². The molecule has 10 unspecified atom stereocenters. The molecule has 0 spiro atoms. The van der Waals surface area contributed by atoms with Gasteiger partial charge >= 0.3 is 29.8 Å². The highest BCUT2D eigenvalue weighted by Crippen LogP contribution is 2.56. The lowest BCUT2D eigenvalue weighted by Crippen LogP contribution is -2.78. The highest BCUT2D eigenvalue weighted by atomic mass is 16.8. The molecule has 1 aromatic carbocycles. The number of carboxylic acid groups (broad SMARTS) is 2. The van der Waals surface area contributed by atoms with Crippen LogP contribution in [0.5, 0.6) is 0 Å². The first-order valence-corrected chi connectivity index (χ1v) is 18.4. The standard InChI is InChI=1S/C40H56O14/c1-9-24(4)21-25(5)15-16-30(42)52-33-32(43)38(19-17-26(6)31(51-28(8)41)27(7)22-29-13-11-10-12-14-29)53-34(35(44)50-20-18-23(2)3)39(49,36(45)46)40(33,54-38)37(47)48/h10-16,23-25,27,31-34,43,49H,6,9,17-22H2,1-5,7-8H3,(H,45,46)(H,47,48)/b16-15+. The molecule has 3 rings (SSSR count). The topological polar surface area (TPSA) is 212 Å². The van der Waals surface area contributed by atoms with Crippen LogP contribution in [-0.4, -0.2) is 98.3 Å². The van der Waals surface area contributed by atoms with E-state index < -0.39 is 77.7 Å². The van der Waals surface area contributed by atoms with Crippen molar-refractivity contribution in [3.63, 3.8) is 0 Å². The van der Waals surface area contributed by atoms with Crippen LogP contribution in [0.3, 0.4) is 0 Å². The fourth-order valence-corrected chi connectivity index (χ4v) is 7.04. The van der Waals surface area contributed by atoms with Gasteiger partial charge in [-0.25, -0.2) is 19.2 Å². The molecule has 0 aromatic heterocycles. The molecule has 2 bridgehead atoms. The minimum atomic E-state index is -3.78. The number of aliphatic hydroxyl groups is 2. The van der Waals surface area contributed by atoms with Gasteiger partial charge in [0.1, 0.15) is 12.2 Å². The number of rotatable bonds is 20. The predicted octanol–water partition coefficient (Wildman–Crippen LogP) is 4.39. The summed E-state index contributed by atoms with van der Waals surface area (Å²) >= 11 is 0. The average Bonchev–Trinajstić information content (AvgIpc) is 3.32. The number of carbonyl (C=O) groups excluding carboxylic acids is 3. The molecule has 0 aliphatic carbocycles. The molecule has 4 N–H and O–H groups in total. The quantitative estimate of drug-likeness (QED) is 0.0629. The second kappa shape index (κ2) is 18.5. The third-order valence-electron chi connectivity index (χ3n) is 10.2. The molecule has 2 fully saturated rings. The van der Waals surface area contributed by atoms with E-state index in [2.05, 4.69) is 6.58 Å². The molecule has 14 heteroatoms. The summed E-state index contributed by atoms with van der Waals surface area (Å²) in [5.41, 5.74) is -6.03. The van der Waals surface area contributed by atoms with Crippen LogP contribution >= 0.6 is 0 Å². The lowest BCUT2D eigenvalue weighted by atomic mass is 9.74. The molecular formula is C40H56O14. The molecule has 2 aliphatic rings. The number of carbonyl (C=O) groups is 5. The lowest BCUT2D eigenvalue weighted by molar-refractivity contribution is -0.374.